The topological polar surface area (TPSA) is 39.2 Å². The average Bonchev–Trinajstić information content (AvgIpc) is 2.70. The minimum absolute atomic E-state index is 0.120. The number of rotatable bonds is 2. The molecule has 2 aromatic rings. The number of halogens is 2. The van der Waals surface area contributed by atoms with Crippen molar-refractivity contribution < 1.29 is 4.42 Å². The highest BCUT2D eigenvalue weighted by atomic mass is 79.9. The second-order valence-corrected chi connectivity index (χ2v) is 6.87. The van der Waals surface area contributed by atoms with E-state index in [1.54, 1.807) is 11.3 Å². The van der Waals surface area contributed by atoms with Gasteiger partial charge < -0.3 is 10.2 Å². The summed E-state index contributed by atoms with van der Waals surface area (Å²) in [4.78, 5) is 1.11. The molecule has 0 radical (unpaired) electrons. The Bertz CT molecular complexity index is 499. The van der Waals surface area contributed by atoms with Crippen molar-refractivity contribution in [1.82, 2.24) is 0 Å². The van der Waals surface area contributed by atoms with Gasteiger partial charge in [-0.1, -0.05) is 0 Å². The van der Waals surface area contributed by atoms with Gasteiger partial charge in [0.15, 0.2) is 0 Å². The van der Waals surface area contributed by atoms with Crippen LogP contribution in [0.5, 0.6) is 0 Å². The van der Waals surface area contributed by atoms with Crippen LogP contribution in [0.25, 0.3) is 0 Å². The minimum Gasteiger partial charge on any atom is -0.466 e. The molecule has 16 heavy (non-hydrogen) atoms. The van der Waals surface area contributed by atoms with Gasteiger partial charge in [-0.25, -0.2) is 0 Å². The van der Waals surface area contributed by atoms with E-state index in [4.69, 9.17) is 10.2 Å². The Balaban J connectivity index is 2.38. The molecule has 1 unspecified atom stereocenters. The largest absolute Gasteiger partial charge is 0.466 e. The van der Waals surface area contributed by atoms with E-state index >= 15 is 0 Å². The van der Waals surface area contributed by atoms with Gasteiger partial charge in [-0.05, 0) is 57.8 Å². The number of hydrogen-bond donors (Lipinski definition) is 1. The fraction of sp³-hybridized carbons (Fsp3) is 0.273. The van der Waals surface area contributed by atoms with E-state index in [1.165, 1.54) is 0 Å². The lowest BCUT2D eigenvalue weighted by molar-refractivity contribution is 0.500. The van der Waals surface area contributed by atoms with Crippen molar-refractivity contribution in [3.05, 3.63) is 42.4 Å². The van der Waals surface area contributed by atoms with E-state index in [2.05, 4.69) is 31.9 Å². The SMILES string of the molecule is Cc1cc(C(N)c2cc(Br)c(Br)s2)c(C)o1. The van der Waals surface area contributed by atoms with E-state index < -0.39 is 0 Å². The molecule has 2 aromatic heterocycles. The molecule has 2 heterocycles. The molecule has 0 spiro atoms. The highest BCUT2D eigenvalue weighted by Gasteiger charge is 2.18. The molecule has 5 heteroatoms. The van der Waals surface area contributed by atoms with Gasteiger partial charge in [-0.2, -0.15) is 0 Å². The zero-order valence-electron chi connectivity index (χ0n) is 8.88. The van der Waals surface area contributed by atoms with Crippen LogP contribution in [0.4, 0.5) is 0 Å². The second kappa shape index (κ2) is 4.64. The van der Waals surface area contributed by atoms with Crippen LogP contribution in [0.2, 0.25) is 0 Å². The number of nitrogens with two attached hydrogens (primary N) is 1. The second-order valence-electron chi connectivity index (χ2n) is 3.62. The number of aryl methyl sites for hydroxylation is 2. The first-order valence-electron chi connectivity index (χ1n) is 4.76. The number of furan rings is 1. The van der Waals surface area contributed by atoms with Crippen LogP contribution in [0.1, 0.15) is 28.0 Å². The maximum absolute atomic E-state index is 6.22. The molecule has 0 saturated carbocycles. The predicted molar refractivity (Wildman–Crippen MR) is 73.9 cm³/mol. The van der Waals surface area contributed by atoms with Gasteiger partial charge in [0, 0.05) is 14.9 Å². The van der Waals surface area contributed by atoms with Crippen molar-refractivity contribution >= 4 is 43.2 Å². The first-order chi connectivity index (χ1) is 7.49. The van der Waals surface area contributed by atoms with Gasteiger partial charge in [0.05, 0.1) is 9.83 Å². The third-order valence-corrected chi connectivity index (χ3v) is 5.72. The quantitative estimate of drug-likeness (QED) is 0.850. The van der Waals surface area contributed by atoms with E-state index in [1.807, 2.05) is 26.0 Å². The van der Waals surface area contributed by atoms with E-state index in [0.29, 0.717) is 0 Å². The maximum atomic E-state index is 6.22. The van der Waals surface area contributed by atoms with Gasteiger partial charge in [0.25, 0.3) is 0 Å². The number of thiophene rings is 1. The van der Waals surface area contributed by atoms with Crippen molar-refractivity contribution in [1.29, 1.82) is 0 Å². The third kappa shape index (κ3) is 2.27. The molecule has 86 valence electrons. The summed E-state index contributed by atoms with van der Waals surface area (Å²) >= 11 is 8.58. The molecular formula is C11H11Br2NOS. The normalized spacial score (nSPS) is 13.1. The molecule has 0 aliphatic carbocycles. The highest BCUT2D eigenvalue weighted by molar-refractivity contribution is 9.13. The predicted octanol–water partition coefficient (Wildman–Crippen LogP) is 4.53. The van der Waals surface area contributed by atoms with Crippen LogP contribution >= 0.6 is 43.2 Å². The lowest BCUT2D eigenvalue weighted by Crippen LogP contribution is -2.10. The fourth-order valence-electron chi connectivity index (χ4n) is 1.63. The summed E-state index contributed by atoms with van der Waals surface area (Å²) in [6.45, 7) is 3.88. The van der Waals surface area contributed by atoms with Crippen LogP contribution in [0.15, 0.2) is 24.8 Å². The van der Waals surface area contributed by atoms with E-state index in [9.17, 15) is 0 Å². The third-order valence-electron chi connectivity index (χ3n) is 2.39. The summed E-state index contributed by atoms with van der Waals surface area (Å²) in [5.74, 6) is 1.79. The standard InChI is InChI=1S/C11H11Br2NOS/c1-5-3-7(6(2)15-5)10(14)9-4-8(12)11(13)16-9/h3-4,10H,14H2,1-2H3. The zero-order chi connectivity index (χ0) is 11.9. The minimum atomic E-state index is -0.120. The summed E-state index contributed by atoms with van der Waals surface area (Å²) in [5.41, 5.74) is 7.28. The van der Waals surface area contributed by atoms with Crippen LogP contribution in [0.3, 0.4) is 0 Å². The summed E-state index contributed by atoms with van der Waals surface area (Å²) in [7, 11) is 0. The molecule has 0 amide bonds. The lowest BCUT2D eigenvalue weighted by Gasteiger charge is -2.07. The average molecular weight is 365 g/mol. The summed E-state index contributed by atoms with van der Waals surface area (Å²) in [6.07, 6.45) is 0. The molecule has 0 saturated heterocycles. The highest BCUT2D eigenvalue weighted by Crippen LogP contribution is 2.37. The molecule has 0 aliphatic heterocycles. The smallest absolute Gasteiger partial charge is 0.106 e. The monoisotopic (exact) mass is 363 g/mol. The first-order valence-corrected chi connectivity index (χ1v) is 7.16. The molecule has 0 aromatic carbocycles. The molecule has 0 aliphatic rings. The Labute approximate surface area is 115 Å². The van der Waals surface area contributed by atoms with Gasteiger partial charge in [-0.3, -0.25) is 0 Å². The van der Waals surface area contributed by atoms with Crippen molar-refractivity contribution in [3.63, 3.8) is 0 Å². The molecule has 0 bridgehead atoms. The molecule has 2 rings (SSSR count). The van der Waals surface area contributed by atoms with Gasteiger partial charge in [-0.15, -0.1) is 11.3 Å². The number of hydrogen-bond acceptors (Lipinski definition) is 3. The molecule has 0 fully saturated rings. The van der Waals surface area contributed by atoms with Crippen LogP contribution < -0.4 is 5.73 Å². The van der Waals surface area contributed by atoms with Crippen molar-refractivity contribution in [2.75, 3.05) is 0 Å². The molecule has 2 nitrogen and oxygen atoms in total. The summed E-state index contributed by atoms with van der Waals surface area (Å²) < 4.78 is 7.60. The van der Waals surface area contributed by atoms with E-state index in [-0.39, 0.29) is 6.04 Å². The Morgan fingerprint density at radius 3 is 2.44 bits per heavy atom. The Morgan fingerprint density at radius 1 is 1.31 bits per heavy atom. The Hall–Kier alpha value is -0.100. The van der Waals surface area contributed by atoms with Gasteiger partial charge in [0.1, 0.15) is 11.5 Å². The molecule has 2 N–H and O–H groups in total. The first kappa shape index (κ1) is 12.4. The van der Waals surface area contributed by atoms with Crippen LogP contribution in [0, 0.1) is 13.8 Å². The summed E-state index contributed by atoms with van der Waals surface area (Å²) in [6, 6.07) is 3.92. The van der Waals surface area contributed by atoms with Crippen molar-refractivity contribution in [2.24, 2.45) is 5.73 Å². The van der Waals surface area contributed by atoms with Crippen LogP contribution in [-0.2, 0) is 0 Å². The Morgan fingerprint density at radius 2 is 2.00 bits per heavy atom. The van der Waals surface area contributed by atoms with Gasteiger partial charge >= 0.3 is 0 Å². The molecule has 1 atom stereocenters. The lowest BCUT2D eigenvalue weighted by atomic mass is 10.1. The Kier molecular flexibility index (Phi) is 3.59. The van der Waals surface area contributed by atoms with E-state index in [0.717, 1.165) is 30.2 Å². The van der Waals surface area contributed by atoms with Crippen LogP contribution in [-0.4, -0.2) is 0 Å². The molecular weight excluding hydrogens is 354 g/mol. The van der Waals surface area contributed by atoms with Gasteiger partial charge in [0.2, 0.25) is 0 Å². The fourth-order valence-corrected chi connectivity index (χ4v) is 3.74. The summed E-state index contributed by atoms with van der Waals surface area (Å²) in [5, 5.41) is 0. The van der Waals surface area contributed by atoms with Crippen molar-refractivity contribution in [2.45, 2.75) is 19.9 Å². The zero-order valence-corrected chi connectivity index (χ0v) is 12.9. The van der Waals surface area contributed by atoms with Crippen molar-refractivity contribution in [3.8, 4) is 0 Å². The maximum Gasteiger partial charge on any atom is 0.106 e.